The highest BCUT2D eigenvalue weighted by Gasteiger charge is 2.19. The lowest BCUT2D eigenvalue weighted by molar-refractivity contribution is -0.138. The Morgan fingerprint density at radius 2 is 1.95 bits per heavy atom. The van der Waals surface area contributed by atoms with Gasteiger partial charge in [0.15, 0.2) is 0 Å². The van der Waals surface area contributed by atoms with Crippen molar-refractivity contribution in [2.75, 3.05) is 45.9 Å². The second-order valence-corrected chi connectivity index (χ2v) is 4.77. The van der Waals surface area contributed by atoms with E-state index in [1.54, 1.807) is 0 Å². The number of rotatable bonds is 7. The summed E-state index contributed by atoms with van der Waals surface area (Å²) < 4.78 is 5.31. The van der Waals surface area contributed by atoms with E-state index in [9.17, 15) is 9.59 Å². The molecule has 0 aliphatic carbocycles. The zero-order valence-corrected chi connectivity index (χ0v) is 11.6. The van der Waals surface area contributed by atoms with E-state index in [1.165, 1.54) is 0 Å². The molecule has 1 saturated heterocycles. The number of ether oxygens (including phenoxy) is 1. The molecule has 1 N–H and O–H groups in total. The van der Waals surface area contributed by atoms with E-state index in [-0.39, 0.29) is 12.5 Å². The highest BCUT2D eigenvalue weighted by molar-refractivity contribution is 5.76. The average molecular weight is 272 g/mol. The van der Waals surface area contributed by atoms with Crippen molar-refractivity contribution in [3.8, 4) is 0 Å². The fourth-order valence-electron chi connectivity index (χ4n) is 2.13. The van der Waals surface area contributed by atoms with Gasteiger partial charge in [0.2, 0.25) is 5.91 Å². The molecule has 0 unspecified atom stereocenters. The van der Waals surface area contributed by atoms with Crippen LogP contribution in [0.3, 0.4) is 0 Å². The van der Waals surface area contributed by atoms with Crippen molar-refractivity contribution >= 4 is 11.9 Å². The summed E-state index contributed by atoms with van der Waals surface area (Å²) in [7, 11) is 0. The van der Waals surface area contributed by atoms with E-state index < -0.39 is 5.97 Å². The van der Waals surface area contributed by atoms with Gasteiger partial charge in [-0.2, -0.15) is 0 Å². The van der Waals surface area contributed by atoms with Gasteiger partial charge in [-0.05, 0) is 12.8 Å². The topological polar surface area (TPSA) is 70.1 Å². The summed E-state index contributed by atoms with van der Waals surface area (Å²) in [5.41, 5.74) is 0. The van der Waals surface area contributed by atoms with Gasteiger partial charge in [0, 0.05) is 32.8 Å². The van der Waals surface area contributed by atoms with Crippen LogP contribution < -0.4 is 0 Å². The number of amides is 1. The van der Waals surface area contributed by atoms with Crippen LogP contribution in [0.1, 0.15) is 26.2 Å². The van der Waals surface area contributed by atoms with Crippen LogP contribution >= 0.6 is 0 Å². The quantitative estimate of drug-likeness (QED) is 0.680. The fraction of sp³-hybridized carbons (Fsp3) is 0.846. The van der Waals surface area contributed by atoms with Gasteiger partial charge in [-0.15, -0.1) is 0 Å². The van der Waals surface area contributed by atoms with Gasteiger partial charge in [-0.3, -0.25) is 14.5 Å². The first-order valence-corrected chi connectivity index (χ1v) is 6.93. The molecule has 6 heteroatoms. The maximum Gasteiger partial charge on any atom is 0.317 e. The van der Waals surface area contributed by atoms with Gasteiger partial charge in [0.1, 0.15) is 0 Å². The molecule has 1 heterocycles. The monoisotopic (exact) mass is 272 g/mol. The van der Waals surface area contributed by atoms with Crippen LogP contribution in [0.25, 0.3) is 0 Å². The minimum atomic E-state index is -0.812. The third-order valence-corrected chi connectivity index (χ3v) is 3.11. The van der Waals surface area contributed by atoms with Crippen molar-refractivity contribution in [3.63, 3.8) is 0 Å². The molecule has 0 atom stereocenters. The summed E-state index contributed by atoms with van der Waals surface area (Å²) in [6.07, 6.45) is 2.20. The molecule has 110 valence electrons. The van der Waals surface area contributed by atoms with Gasteiger partial charge in [0.05, 0.1) is 19.6 Å². The molecule has 0 bridgehead atoms. The Morgan fingerprint density at radius 1 is 1.16 bits per heavy atom. The van der Waals surface area contributed by atoms with Crippen LogP contribution in [-0.2, 0) is 14.3 Å². The summed E-state index contributed by atoms with van der Waals surface area (Å²) >= 11 is 0. The van der Waals surface area contributed by atoms with Crippen LogP contribution in [0.15, 0.2) is 0 Å². The van der Waals surface area contributed by atoms with Gasteiger partial charge >= 0.3 is 5.97 Å². The standard InChI is InChI=1S/C13H24N2O4/c1-2-9-19-10-4-12(16)15-6-3-5-14(7-8-15)11-13(17)18/h2-11H2,1H3,(H,17,18). The van der Waals surface area contributed by atoms with E-state index in [0.29, 0.717) is 39.3 Å². The molecule has 0 radical (unpaired) electrons. The Morgan fingerprint density at radius 3 is 2.63 bits per heavy atom. The number of aliphatic carboxylic acids is 1. The number of hydrogen-bond donors (Lipinski definition) is 1. The molecule has 1 amide bonds. The molecule has 1 rings (SSSR count). The van der Waals surface area contributed by atoms with Crippen LogP contribution in [0.5, 0.6) is 0 Å². The molecular weight excluding hydrogens is 248 g/mol. The maximum atomic E-state index is 12.0. The number of carbonyl (C=O) groups excluding carboxylic acids is 1. The molecule has 0 spiro atoms. The highest BCUT2D eigenvalue weighted by atomic mass is 16.5. The predicted molar refractivity (Wildman–Crippen MR) is 71.0 cm³/mol. The van der Waals surface area contributed by atoms with Crippen molar-refractivity contribution in [3.05, 3.63) is 0 Å². The largest absolute Gasteiger partial charge is 0.480 e. The first kappa shape index (κ1) is 15.9. The molecule has 0 saturated carbocycles. The Balaban J connectivity index is 2.27. The van der Waals surface area contributed by atoms with Crippen molar-refractivity contribution in [1.82, 2.24) is 9.80 Å². The Kier molecular flexibility index (Phi) is 7.43. The lowest BCUT2D eigenvalue weighted by Crippen LogP contribution is -2.37. The van der Waals surface area contributed by atoms with Crippen molar-refractivity contribution in [2.24, 2.45) is 0 Å². The number of carboxylic acids is 1. The molecule has 1 aliphatic heterocycles. The second-order valence-electron chi connectivity index (χ2n) is 4.77. The Hall–Kier alpha value is -1.14. The van der Waals surface area contributed by atoms with Crippen molar-refractivity contribution < 1.29 is 19.4 Å². The lowest BCUT2D eigenvalue weighted by Gasteiger charge is -2.21. The SMILES string of the molecule is CCCOCCC(=O)N1CCCN(CC(=O)O)CC1. The summed E-state index contributed by atoms with van der Waals surface area (Å²) in [5.74, 6) is -0.707. The summed E-state index contributed by atoms with van der Waals surface area (Å²) in [6, 6.07) is 0. The van der Waals surface area contributed by atoms with E-state index in [1.807, 2.05) is 16.7 Å². The van der Waals surface area contributed by atoms with Crippen LogP contribution in [0, 0.1) is 0 Å². The molecule has 0 aromatic carbocycles. The summed E-state index contributed by atoms with van der Waals surface area (Å²) in [5, 5.41) is 8.76. The number of nitrogens with zero attached hydrogens (tertiary/aromatic N) is 2. The zero-order valence-electron chi connectivity index (χ0n) is 11.6. The van der Waals surface area contributed by atoms with Gasteiger partial charge in [-0.1, -0.05) is 6.92 Å². The van der Waals surface area contributed by atoms with Gasteiger partial charge in [0.25, 0.3) is 0 Å². The summed E-state index contributed by atoms with van der Waals surface area (Å²) in [4.78, 5) is 26.3. The molecule has 1 aliphatic rings. The fourth-order valence-corrected chi connectivity index (χ4v) is 2.13. The molecular formula is C13H24N2O4. The Bertz CT molecular complexity index is 296. The van der Waals surface area contributed by atoms with Crippen LogP contribution in [0.2, 0.25) is 0 Å². The van der Waals surface area contributed by atoms with Crippen molar-refractivity contribution in [2.45, 2.75) is 26.2 Å². The molecule has 0 aromatic rings. The molecule has 1 fully saturated rings. The third-order valence-electron chi connectivity index (χ3n) is 3.11. The number of carboxylic acid groups (broad SMARTS) is 1. The second kappa shape index (κ2) is 8.87. The van der Waals surface area contributed by atoms with E-state index in [2.05, 4.69) is 0 Å². The summed E-state index contributed by atoms with van der Waals surface area (Å²) in [6.45, 7) is 5.95. The van der Waals surface area contributed by atoms with Crippen LogP contribution in [-0.4, -0.2) is 72.7 Å². The molecule has 0 aromatic heterocycles. The number of carbonyl (C=O) groups is 2. The third kappa shape index (κ3) is 6.54. The first-order valence-electron chi connectivity index (χ1n) is 6.93. The average Bonchev–Trinajstić information content (AvgIpc) is 2.59. The van der Waals surface area contributed by atoms with E-state index in [0.717, 1.165) is 19.4 Å². The first-order chi connectivity index (χ1) is 9.13. The molecule has 6 nitrogen and oxygen atoms in total. The van der Waals surface area contributed by atoms with Crippen molar-refractivity contribution in [1.29, 1.82) is 0 Å². The van der Waals surface area contributed by atoms with Gasteiger partial charge < -0.3 is 14.7 Å². The number of hydrogen-bond acceptors (Lipinski definition) is 4. The highest BCUT2D eigenvalue weighted by Crippen LogP contribution is 2.05. The van der Waals surface area contributed by atoms with E-state index >= 15 is 0 Å². The zero-order chi connectivity index (χ0) is 14.1. The minimum absolute atomic E-state index is 0.0572. The lowest BCUT2D eigenvalue weighted by atomic mass is 10.3. The predicted octanol–water partition coefficient (Wildman–Crippen LogP) is 0.422. The normalized spacial score (nSPS) is 17.2. The Labute approximate surface area is 114 Å². The molecule has 19 heavy (non-hydrogen) atoms. The maximum absolute atomic E-state index is 12.0. The van der Waals surface area contributed by atoms with E-state index in [4.69, 9.17) is 9.84 Å². The van der Waals surface area contributed by atoms with Gasteiger partial charge in [-0.25, -0.2) is 0 Å². The van der Waals surface area contributed by atoms with Crippen LogP contribution in [0.4, 0.5) is 0 Å². The smallest absolute Gasteiger partial charge is 0.317 e. The minimum Gasteiger partial charge on any atom is -0.480 e.